The maximum absolute atomic E-state index is 13.4. The third-order valence-electron chi connectivity index (χ3n) is 5.22. The topological polar surface area (TPSA) is 58.6 Å². The predicted octanol–water partition coefficient (Wildman–Crippen LogP) is 3.39. The molecule has 1 N–H and O–H groups in total. The summed E-state index contributed by atoms with van der Waals surface area (Å²) in [7, 11) is 1.61. The first-order chi connectivity index (χ1) is 13.4. The van der Waals surface area contributed by atoms with Crippen molar-refractivity contribution in [1.29, 1.82) is 0 Å². The van der Waals surface area contributed by atoms with Crippen LogP contribution in [0.15, 0.2) is 48.5 Å². The summed E-state index contributed by atoms with van der Waals surface area (Å²) in [6, 6.07) is 13.2. The highest BCUT2D eigenvalue weighted by atomic mass is 19.1. The van der Waals surface area contributed by atoms with Crippen LogP contribution >= 0.6 is 0 Å². The second-order valence-corrected chi connectivity index (χ2v) is 7.43. The van der Waals surface area contributed by atoms with Gasteiger partial charge < -0.3 is 15.0 Å². The molecular weight excluding hydrogens is 359 g/mol. The van der Waals surface area contributed by atoms with Gasteiger partial charge >= 0.3 is 0 Å². The van der Waals surface area contributed by atoms with Crippen molar-refractivity contribution in [2.24, 2.45) is 5.41 Å². The zero-order chi connectivity index (χ0) is 20.1. The van der Waals surface area contributed by atoms with Crippen molar-refractivity contribution in [2.75, 3.05) is 20.2 Å². The summed E-state index contributed by atoms with van der Waals surface area (Å²) in [5, 5.41) is 2.98. The van der Waals surface area contributed by atoms with Gasteiger partial charge in [0.25, 0.3) is 5.91 Å². The third kappa shape index (κ3) is 4.50. The first kappa shape index (κ1) is 19.9. The zero-order valence-corrected chi connectivity index (χ0v) is 16.2. The minimum Gasteiger partial charge on any atom is -0.497 e. The van der Waals surface area contributed by atoms with E-state index in [4.69, 9.17) is 4.74 Å². The maximum Gasteiger partial charge on any atom is 0.253 e. The minimum atomic E-state index is -0.673. The van der Waals surface area contributed by atoms with Gasteiger partial charge in [-0.05, 0) is 55.7 Å². The Hall–Kier alpha value is -2.89. The second kappa shape index (κ2) is 8.42. The fourth-order valence-electron chi connectivity index (χ4n) is 3.54. The molecule has 5 nitrogen and oxygen atoms in total. The summed E-state index contributed by atoms with van der Waals surface area (Å²) >= 11 is 0. The van der Waals surface area contributed by atoms with Crippen LogP contribution in [-0.2, 0) is 11.3 Å². The highest BCUT2D eigenvalue weighted by Gasteiger charge is 2.39. The Morgan fingerprint density at radius 1 is 1.21 bits per heavy atom. The number of ether oxygens (including phenoxy) is 1. The van der Waals surface area contributed by atoms with Gasteiger partial charge in [0.1, 0.15) is 11.6 Å². The number of hydrogen-bond acceptors (Lipinski definition) is 3. The summed E-state index contributed by atoms with van der Waals surface area (Å²) in [5.41, 5.74) is 0.609. The molecule has 1 aliphatic rings. The molecule has 0 radical (unpaired) electrons. The maximum atomic E-state index is 13.4. The molecule has 28 heavy (non-hydrogen) atoms. The number of methoxy groups -OCH3 is 1. The quantitative estimate of drug-likeness (QED) is 0.860. The van der Waals surface area contributed by atoms with Gasteiger partial charge in [0, 0.05) is 25.2 Å². The van der Waals surface area contributed by atoms with Gasteiger partial charge in [0.2, 0.25) is 5.91 Å². The fourth-order valence-corrected chi connectivity index (χ4v) is 3.54. The highest BCUT2D eigenvalue weighted by Crippen LogP contribution is 2.30. The first-order valence-electron chi connectivity index (χ1n) is 9.37. The lowest BCUT2D eigenvalue weighted by Gasteiger charge is -2.39. The molecule has 0 spiro atoms. The number of nitrogens with one attached hydrogen (secondary N) is 1. The lowest BCUT2D eigenvalue weighted by Crippen LogP contribution is -2.51. The Balaban J connectivity index is 1.63. The van der Waals surface area contributed by atoms with Crippen molar-refractivity contribution in [3.05, 3.63) is 65.5 Å². The van der Waals surface area contributed by atoms with Crippen LogP contribution < -0.4 is 10.1 Å². The van der Waals surface area contributed by atoms with E-state index in [1.54, 1.807) is 18.1 Å². The molecule has 1 atom stereocenters. The van der Waals surface area contributed by atoms with E-state index < -0.39 is 11.2 Å². The molecule has 1 aliphatic heterocycles. The Bertz CT molecular complexity index is 853. The molecule has 0 aliphatic carbocycles. The number of likely N-dealkylation sites (tertiary alicyclic amines) is 1. The average Bonchev–Trinajstić information content (AvgIpc) is 2.71. The van der Waals surface area contributed by atoms with Crippen LogP contribution in [0.5, 0.6) is 5.75 Å². The standard InChI is InChI=1S/C22H25FN2O3/c1-22(21(27)24-14-16-7-9-19(28-2)10-8-16)11-4-12-25(15-22)20(26)17-5-3-6-18(23)13-17/h3,5-10,13H,4,11-12,14-15H2,1-2H3,(H,24,27)/t22-/m0/s1. The number of carbonyl (C=O) groups is 2. The molecule has 1 fully saturated rings. The van der Waals surface area contributed by atoms with Crippen molar-refractivity contribution < 1.29 is 18.7 Å². The van der Waals surface area contributed by atoms with E-state index >= 15 is 0 Å². The summed E-state index contributed by atoms with van der Waals surface area (Å²) in [6.45, 7) is 3.17. The second-order valence-electron chi connectivity index (χ2n) is 7.43. The van der Waals surface area contributed by atoms with E-state index in [2.05, 4.69) is 5.32 Å². The van der Waals surface area contributed by atoms with Crippen molar-refractivity contribution in [3.63, 3.8) is 0 Å². The van der Waals surface area contributed by atoms with Crippen LogP contribution in [0.2, 0.25) is 0 Å². The largest absolute Gasteiger partial charge is 0.497 e. The first-order valence-corrected chi connectivity index (χ1v) is 9.37. The van der Waals surface area contributed by atoms with Gasteiger partial charge in [0.05, 0.1) is 12.5 Å². The molecular formula is C22H25FN2O3. The van der Waals surface area contributed by atoms with Crippen molar-refractivity contribution in [1.82, 2.24) is 10.2 Å². The van der Waals surface area contributed by atoms with Crippen LogP contribution in [0.25, 0.3) is 0 Å². The molecule has 148 valence electrons. The highest BCUT2D eigenvalue weighted by molar-refractivity contribution is 5.95. The number of nitrogens with zero attached hydrogens (tertiary/aromatic N) is 1. The summed E-state index contributed by atoms with van der Waals surface area (Å²) in [4.78, 5) is 27.2. The minimum absolute atomic E-state index is 0.0833. The summed E-state index contributed by atoms with van der Waals surface area (Å²) in [6.07, 6.45) is 1.43. The van der Waals surface area contributed by atoms with E-state index in [1.807, 2.05) is 31.2 Å². The van der Waals surface area contributed by atoms with Crippen LogP contribution in [0.1, 0.15) is 35.7 Å². The number of piperidine rings is 1. The summed E-state index contributed by atoms with van der Waals surface area (Å²) in [5.74, 6) is -0.00267. The van der Waals surface area contributed by atoms with Gasteiger partial charge in [-0.1, -0.05) is 18.2 Å². The SMILES string of the molecule is COc1ccc(CNC(=O)[C@@]2(C)CCCN(C(=O)c3cccc(F)c3)C2)cc1. The molecule has 1 heterocycles. The van der Waals surface area contributed by atoms with Crippen LogP contribution in [0, 0.1) is 11.2 Å². The van der Waals surface area contributed by atoms with Gasteiger partial charge in [0.15, 0.2) is 0 Å². The normalized spacial score (nSPS) is 19.2. The number of carbonyl (C=O) groups excluding carboxylic acids is 2. The van der Waals surface area contributed by atoms with Crippen molar-refractivity contribution in [3.8, 4) is 5.75 Å². The average molecular weight is 384 g/mol. The molecule has 1 saturated heterocycles. The zero-order valence-electron chi connectivity index (χ0n) is 16.2. The van der Waals surface area contributed by atoms with Gasteiger partial charge in [-0.15, -0.1) is 0 Å². The number of rotatable bonds is 5. The Labute approximate surface area is 164 Å². The molecule has 6 heteroatoms. The molecule has 2 aromatic rings. The van der Waals surface area contributed by atoms with Gasteiger partial charge in [-0.25, -0.2) is 4.39 Å². The molecule has 0 bridgehead atoms. The predicted molar refractivity (Wildman–Crippen MR) is 104 cm³/mol. The van der Waals surface area contributed by atoms with Crippen molar-refractivity contribution in [2.45, 2.75) is 26.3 Å². The van der Waals surface area contributed by atoms with Crippen molar-refractivity contribution >= 4 is 11.8 Å². The van der Waals surface area contributed by atoms with E-state index in [0.717, 1.165) is 17.7 Å². The van der Waals surface area contributed by atoms with Gasteiger partial charge in [-0.3, -0.25) is 9.59 Å². The van der Waals surface area contributed by atoms with E-state index in [-0.39, 0.29) is 11.8 Å². The lowest BCUT2D eigenvalue weighted by molar-refractivity contribution is -0.132. The molecule has 0 saturated carbocycles. The Morgan fingerprint density at radius 3 is 2.64 bits per heavy atom. The Kier molecular flexibility index (Phi) is 5.97. The van der Waals surface area contributed by atoms with Crippen LogP contribution in [0.3, 0.4) is 0 Å². The molecule has 3 rings (SSSR count). The number of halogens is 1. The third-order valence-corrected chi connectivity index (χ3v) is 5.22. The fraction of sp³-hybridized carbons (Fsp3) is 0.364. The molecule has 0 aromatic heterocycles. The number of hydrogen-bond donors (Lipinski definition) is 1. The van der Waals surface area contributed by atoms with Crippen LogP contribution in [-0.4, -0.2) is 36.9 Å². The smallest absolute Gasteiger partial charge is 0.253 e. The van der Waals surface area contributed by atoms with Gasteiger partial charge in [-0.2, -0.15) is 0 Å². The van der Waals surface area contributed by atoms with Crippen LogP contribution in [0.4, 0.5) is 4.39 Å². The molecule has 2 aromatic carbocycles. The van der Waals surface area contributed by atoms with E-state index in [1.165, 1.54) is 18.2 Å². The molecule has 2 amide bonds. The number of amides is 2. The van der Waals surface area contributed by atoms with E-state index in [9.17, 15) is 14.0 Å². The number of benzene rings is 2. The molecule has 0 unspecified atom stereocenters. The lowest BCUT2D eigenvalue weighted by atomic mass is 9.80. The van der Waals surface area contributed by atoms with E-state index in [0.29, 0.717) is 31.6 Å². The Morgan fingerprint density at radius 2 is 1.96 bits per heavy atom. The summed E-state index contributed by atoms with van der Waals surface area (Å²) < 4.78 is 18.6. The monoisotopic (exact) mass is 384 g/mol.